The average Bonchev–Trinajstić information content (AvgIpc) is 2.37. The number of fused-ring (bicyclic) bond motifs is 1. The van der Waals surface area contributed by atoms with Gasteiger partial charge < -0.3 is 5.11 Å². The molecule has 0 fully saturated rings. The van der Waals surface area contributed by atoms with Crippen molar-refractivity contribution in [2.75, 3.05) is 0 Å². The van der Waals surface area contributed by atoms with Crippen molar-refractivity contribution in [1.82, 2.24) is 0 Å². The van der Waals surface area contributed by atoms with Crippen LogP contribution in [0.2, 0.25) is 0 Å². The van der Waals surface area contributed by atoms with Gasteiger partial charge in [0.05, 0.1) is 15.7 Å². The fourth-order valence-electron chi connectivity index (χ4n) is 2.00. The van der Waals surface area contributed by atoms with Crippen molar-refractivity contribution in [3.8, 4) is 0 Å². The first kappa shape index (κ1) is 11.6. The molecule has 0 aromatic heterocycles. The predicted molar refractivity (Wildman–Crippen MR) is 62.0 cm³/mol. The standard InChI is InChI=1S/C12H16O3S/c1-8-6-9-4-5-10(12(2,3)13)7-11(9)16(8,14)15/h4-5,7-8,13H,6H2,1-3H3. The summed E-state index contributed by atoms with van der Waals surface area (Å²) < 4.78 is 24.0. The highest BCUT2D eigenvalue weighted by Gasteiger charge is 2.34. The van der Waals surface area contributed by atoms with Gasteiger partial charge in [-0.3, -0.25) is 0 Å². The summed E-state index contributed by atoms with van der Waals surface area (Å²) in [5.74, 6) is 0. The number of hydrogen-bond donors (Lipinski definition) is 1. The van der Waals surface area contributed by atoms with Gasteiger partial charge in [-0.15, -0.1) is 0 Å². The zero-order valence-electron chi connectivity index (χ0n) is 9.69. The Morgan fingerprint density at radius 1 is 1.38 bits per heavy atom. The second kappa shape index (κ2) is 3.31. The molecule has 2 rings (SSSR count). The molecule has 1 aliphatic rings. The van der Waals surface area contributed by atoms with E-state index in [-0.39, 0.29) is 5.25 Å². The molecule has 1 unspecified atom stereocenters. The molecular weight excluding hydrogens is 224 g/mol. The van der Waals surface area contributed by atoms with Crippen molar-refractivity contribution >= 4 is 9.84 Å². The molecule has 0 bridgehead atoms. The van der Waals surface area contributed by atoms with Gasteiger partial charge in [-0.25, -0.2) is 8.42 Å². The second-order valence-corrected chi connectivity index (χ2v) is 7.28. The monoisotopic (exact) mass is 240 g/mol. The van der Waals surface area contributed by atoms with Crippen molar-refractivity contribution < 1.29 is 13.5 Å². The zero-order valence-corrected chi connectivity index (χ0v) is 10.5. The maximum absolute atomic E-state index is 12.0. The third kappa shape index (κ3) is 1.66. The van der Waals surface area contributed by atoms with Crippen LogP contribution in [-0.4, -0.2) is 18.8 Å². The minimum Gasteiger partial charge on any atom is -0.386 e. The number of hydrogen-bond acceptors (Lipinski definition) is 3. The molecule has 1 aliphatic heterocycles. The van der Waals surface area contributed by atoms with Crippen LogP contribution in [0.5, 0.6) is 0 Å². The van der Waals surface area contributed by atoms with Crippen LogP contribution in [0.3, 0.4) is 0 Å². The third-order valence-electron chi connectivity index (χ3n) is 3.12. The summed E-state index contributed by atoms with van der Waals surface area (Å²) in [5.41, 5.74) is 0.501. The van der Waals surface area contributed by atoms with E-state index in [9.17, 15) is 13.5 Å². The van der Waals surface area contributed by atoms with Crippen molar-refractivity contribution in [2.24, 2.45) is 0 Å². The van der Waals surface area contributed by atoms with Gasteiger partial charge in [0.25, 0.3) is 0 Å². The smallest absolute Gasteiger partial charge is 0.181 e. The predicted octanol–water partition coefficient (Wildman–Crippen LogP) is 1.63. The lowest BCUT2D eigenvalue weighted by molar-refractivity contribution is 0.0783. The molecule has 1 aromatic carbocycles. The average molecular weight is 240 g/mol. The summed E-state index contributed by atoms with van der Waals surface area (Å²) in [6.07, 6.45) is 0.573. The topological polar surface area (TPSA) is 54.4 Å². The van der Waals surface area contributed by atoms with Crippen LogP contribution >= 0.6 is 0 Å². The quantitative estimate of drug-likeness (QED) is 0.811. The number of aliphatic hydroxyl groups is 1. The first-order valence-electron chi connectivity index (χ1n) is 5.32. The number of benzene rings is 1. The first-order valence-corrected chi connectivity index (χ1v) is 6.87. The Morgan fingerprint density at radius 2 is 2.00 bits per heavy atom. The molecule has 1 heterocycles. The number of rotatable bonds is 1. The molecule has 3 nitrogen and oxygen atoms in total. The molecule has 0 saturated carbocycles. The molecule has 1 aromatic rings. The lowest BCUT2D eigenvalue weighted by atomic mass is 9.96. The Bertz CT molecular complexity index is 524. The van der Waals surface area contributed by atoms with Crippen LogP contribution in [0.25, 0.3) is 0 Å². The van der Waals surface area contributed by atoms with Gasteiger partial charge in [-0.05, 0) is 44.4 Å². The minimum absolute atomic E-state index is 0.348. The van der Waals surface area contributed by atoms with Crippen molar-refractivity contribution in [3.05, 3.63) is 29.3 Å². The molecule has 1 atom stereocenters. The number of sulfone groups is 1. The Hall–Kier alpha value is -0.870. The summed E-state index contributed by atoms with van der Waals surface area (Å²) in [4.78, 5) is 0.389. The molecule has 0 aliphatic carbocycles. The first-order chi connectivity index (χ1) is 7.23. The second-order valence-electron chi connectivity index (χ2n) is 4.94. The van der Waals surface area contributed by atoms with E-state index in [1.165, 1.54) is 0 Å². The van der Waals surface area contributed by atoms with Gasteiger partial charge in [-0.1, -0.05) is 12.1 Å². The fraction of sp³-hybridized carbons (Fsp3) is 0.500. The van der Waals surface area contributed by atoms with Gasteiger partial charge >= 0.3 is 0 Å². The van der Waals surface area contributed by atoms with Gasteiger partial charge in [0.15, 0.2) is 9.84 Å². The molecule has 0 radical (unpaired) electrons. The zero-order chi connectivity index (χ0) is 12.1. The summed E-state index contributed by atoms with van der Waals surface area (Å²) in [6, 6.07) is 5.21. The van der Waals surface area contributed by atoms with Crippen molar-refractivity contribution in [1.29, 1.82) is 0 Å². The summed E-state index contributed by atoms with van der Waals surface area (Å²) in [5, 5.41) is 9.51. The van der Waals surface area contributed by atoms with Crippen LogP contribution in [0.1, 0.15) is 31.9 Å². The van der Waals surface area contributed by atoms with E-state index in [1.54, 1.807) is 32.9 Å². The van der Waals surface area contributed by atoms with Crippen LogP contribution in [-0.2, 0) is 21.9 Å². The molecule has 16 heavy (non-hydrogen) atoms. The van der Waals surface area contributed by atoms with E-state index in [2.05, 4.69) is 0 Å². The van der Waals surface area contributed by atoms with E-state index in [0.29, 0.717) is 16.9 Å². The van der Waals surface area contributed by atoms with E-state index >= 15 is 0 Å². The molecular formula is C12H16O3S. The SMILES string of the molecule is CC1Cc2ccc(C(C)(C)O)cc2S1(=O)=O. The highest BCUT2D eigenvalue weighted by molar-refractivity contribution is 7.92. The van der Waals surface area contributed by atoms with E-state index < -0.39 is 15.4 Å². The van der Waals surface area contributed by atoms with Crippen LogP contribution in [0, 0.1) is 0 Å². The van der Waals surface area contributed by atoms with Gasteiger partial charge in [0.2, 0.25) is 0 Å². The van der Waals surface area contributed by atoms with Gasteiger partial charge in [-0.2, -0.15) is 0 Å². The van der Waals surface area contributed by atoms with E-state index in [1.807, 2.05) is 6.07 Å². The normalized spacial score (nSPS) is 23.1. The summed E-state index contributed by atoms with van der Waals surface area (Å²) in [6.45, 7) is 5.03. The molecule has 0 spiro atoms. The van der Waals surface area contributed by atoms with E-state index in [4.69, 9.17) is 0 Å². The third-order valence-corrected chi connectivity index (χ3v) is 5.34. The minimum atomic E-state index is -3.18. The van der Waals surface area contributed by atoms with Crippen LogP contribution in [0.15, 0.2) is 23.1 Å². The largest absolute Gasteiger partial charge is 0.386 e. The van der Waals surface area contributed by atoms with Crippen molar-refractivity contribution in [2.45, 2.75) is 42.9 Å². The maximum Gasteiger partial charge on any atom is 0.181 e. The highest BCUT2D eigenvalue weighted by Crippen LogP contribution is 2.34. The van der Waals surface area contributed by atoms with Crippen LogP contribution in [0.4, 0.5) is 0 Å². The molecule has 1 N–H and O–H groups in total. The fourth-order valence-corrected chi connectivity index (χ4v) is 3.65. The van der Waals surface area contributed by atoms with Gasteiger partial charge in [0.1, 0.15) is 0 Å². The Balaban J connectivity index is 2.62. The molecule has 88 valence electrons. The van der Waals surface area contributed by atoms with Crippen molar-refractivity contribution in [3.63, 3.8) is 0 Å². The van der Waals surface area contributed by atoms with Gasteiger partial charge in [0, 0.05) is 0 Å². The van der Waals surface area contributed by atoms with E-state index in [0.717, 1.165) is 5.56 Å². The Morgan fingerprint density at radius 3 is 2.56 bits per heavy atom. The summed E-state index contributed by atoms with van der Waals surface area (Å²) >= 11 is 0. The Labute approximate surface area is 96.0 Å². The lowest BCUT2D eigenvalue weighted by Crippen LogP contribution is -2.16. The molecule has 0 saturated heterocycles. The lowest BCUT2D eigenvalue weighted by Gasteiger charge is -2.18. The maximum atomic E-state index is 12.0. The summed E-state index contributed by atoms with van der Waals surface area (Å²) in [7, 11) is -3.18. The molecule has 4 heteroatoms. The highest BCUT2D eigenvalue weighted by atomic mass is 32.2. The molecule has 0 amide bonds. The Kier molecular flexibility index (Phi) is 2.40. The van der Waals surface area contributed by atoms with Crippen LogP contribution < -0.4 is 0 Å².